The van der Waals surface area contributed by atoms with Crippen molar-refractivity contribution in [3.63, 3.8) is 0 Å². The minimum Gasteiger partial charge on any atom is -0.545 e. The Hall–Kier alpha value is -1.32. The number of aromatic carboxylic acids is 1. The van der Waals surface area contributed by atoms with Crippen molar-refractivity contribution in [1.29, 1.82) is 0 Å². The number of carboxylic acids is 1. The summed E-state index contributed by atoms with van der Waals surface area (Å²) in [6, 6.07) is 5.78. The average molecular weight is 362 g/mol. The second kappa shape index (κ2) is 8.36. The van der Waals surface area contributed by atoms with Gasteiger partial charge in [0.15, 0.2) is 0 Å². The second-order valence-corrected chi connectivity index (χ2v) is 7.94. The van der Waals surface area contributed by atoms with Gasteiger partial charge in [0, 0.05) is 37.2 Å². The molecule has 2 aromatic rings. The third kappa shape index (κ3) is 3.95. The third-order valence-corrected chi connectivity index (χ3v) is 5.93. The molecule has 3 aliphatic rings. The van der Waals surface area contributed by atoms with Crippen molar-refractivity contribution in [3.05, 3.63) is 29.6 Å². The SMILES string of the molecule is CC(C)c1nc2cccc(C(=O)[O-])c2n1CCN[C@@H]1CN2CCC1CC2.[Li+]. The van der Waals surface area contributed by atoms with E-state index in [4.69, 9.17) is 4.98 Å². The number of rotatable bonds is 6. The molecule has 6 nitrogen and oxygen atoms in total. The molecule has 0 aliphatic carbocycles. The van der Waals surface area contributed by atoms with Gasteiger partial charge in [-0.2, -0.15) is 0 Å². The minimum absolute atomic E-state index is 0. The Bertz CT molecular complexity index is 812. The van der Waals surface area contributed by atoms with E-state index < -0.39 is 5.97 Å². The van der Waals surface area contributed by atoms with E-state index in [2.05, 4.69) is 28.6 Å². The summed E-state index contributed by atoms with van der Waals surface area (Å²) < 4.78 is 2.07. The van der Waals surface area contributed by atoms with E-state index in [1.165, 1.54) is 25.9 Å². The molecule has 2 bridgehead atoms. The maximum Gasteiger partial charge on any atom is 1.00 e. The molecule has 1 atom stereocenters. The van der Waals surface area contributed by atoms with Crippen LogP contribution in [0.3, 0.4) is 0 Å². The van der Waals surface area contributed by atoms with Crippen LogP contribution in [-0.2, 0) is 6.54 Å². The molecule has 1 N–H and O–H groups in total. The molecule has 27 heavy (non-hydrogen) atoms. The first-order valence-corrected chi connectivity index (χ1v) is 9.71. The number of carbonyl (C=O) groups excluding carboxylic acids is 1. The molecule has 0 unspecified atom stereocenters. The van der Waals surface area contributed by atoms with Crippen molar-refractivity contribution in [2.45, 2.75) is 45.2 Å². The van der Waals surface area contributed by atoms with Gasteiger partial charge in [-0.15, -0.1) is 0 Å². The van der Waals surface area contributed by atoms with E-state index in [9.17, 15) is 9.90 Å². The van der Waals surface area contributed by atoms with Gasteiger partial charge < -0.3 is 24.7 Å². The smallest absolute Gasteiger partial charge is 0.545 e. The van der Waals surface area contributed by atoms with Crippen molar-refractivity contribution >= 4 is 17.0 Å². The van der Waals surface area contributed by atoms with Gasteiger partial charge in [-0.25, -0.2) is 4.98 Å². The summed E-state index contributed by atoms with van der Waals surface area (Å²) in [7, 11) is 0. The summed E-state index contributed by atoms with van der Waals surface area (Å²) in [6.45, 7) is 9.34. The van der Waals surface area contributed by atoms with Crippen molar-refractivity contribution in [1.82, 2.24) is 19.8 Å². The molecule has 5 rings (SSSR count). The van der Waals surface area contributed by atoms with Crippen LogP contribution in [0.25, 0.3) is 11.0 Å². The molecule has 3 aliphatic heterocycles. The van der Waals surface area contributed by atoms with Crippen LogP contribution in [0.15, 0.2) is 18.2 Å². The second-order valence-electron chi connectivity index (χ2n) is 7.94. The number of carboxylic acid groups (broad SMARTS) is 1. The van der Waals surface area contributed by atoms with E-state index in [1.807, 2.05) is 6.07 Å². The number of hydrogen-bond acceptors (Lipinski definition) is 5. The first kappa shape index (κ1) is 20.4. The number of benzene rings is 1. The molecule has 4 heterocycles. The van der Waals surface area contributed by atoms with Gasteiger partial charge in [0.2, 0.25) is 0 Å². The number of piperidine rings is 3. The largest absolute Gasteiger partial charge is 1.00 e. The molecule has 1 aromatic heterocycles. The normalized spacial score (nSPS) is 24.3. The van der Waals surface area contributed by atoms with E-state index in [1.54, 1.807) is 12.1 Å². The van der Waals surface area contributed by atoms with Gasteiger partial charge in [0.05, 0.1) is 17.0 Å². The predicted octanol–water partition coefficient (Wildman–Crippen LogP) is -1.79. The summed E-state index contributed by atoms with van der Waals surface area (Å²) >= 11 is 0. The van der Waals surface area contributed by atoms with E-state index in [0.29, 0.717) is 11.6 Å². The Balaban J connectivity index is 0.00000210. The first-order chi connectivity index (χ1) is 12.5. The number of fused-ring (bicyclic) bond motifs is 4. The molecule has 140 valence electrons. The van der Waals surface area contributed by atoms with Crippen molar-refractivity contribution < 1.29 is 28.8 Å². The summed E-state index contributed by atoms with van der Waals surface area (Å²) in [5.74, 6) is 0.804. The van der Waals surface area contributed by atoms with Gasteiger partial charge >= 0.3 is 18.9 Å². The number of para-hydroxylation sites is 1. The van der Waals surface area contributed by atoms with Crippen LogP contribution in [0, 0.1) is 5.92 Å². The van der Waals surface area contributed by atoms with Crippen molar-refractivity contribution in [2.75, 3.05) is 26.2 Å². The van der Waals surface area contributed by atoms with Crippen LogP contribution in [0.1, 0.15) is 48.8 Å². The number of nitrogens with zero attached hydrogens (tertiary/aromatic N) is 3. The molecule has 0 amide bonds. The molecular weight excluding hydrogens is 335 g/mol. The molecule has 3 saturated heterocycles. The van der Waals surface area contributed by atoms with Crippen LogP contribution in [-0.4, -0.2) is 52.6 Å². The standard InChI is InChI=1S/C20H28N4O2.Li/c1-13(2)19-22-16-5-3-4-15(20(25)26)18(16)24(19)11-8-21-17-12-23-9-6-14(17)7-10-23;/h3-5,13-14,17,21H,6-12H2,1-2H3,(H,25,26);/q;+1/p-1/t17-;/m1./s1. The minimum atomic E-state index is -1.14. The Morgan fingerprint density at radius 2 is 2.07 bits per heavy atom. The Labute approximate surface area is 172 Å². The monoisotopic (exact) mass is 362 g/mol. The van der Waals surface area contributed by atoms with Gasteiger partial charge in [-0.05, 0) is 37.9 Å². The van der Waals surface area contributed by atoms with Crippen LogP contribution < -0.4 is 29.3 Å². The molecular formula is C20H27LiN4O2. The fraction of sp³-hybridized carbons (Fsp3) is 0.600. The maximum atomic E-state index is 11.6. The maximum absolute atomic E-state index is 11.6. The summed E-state index contributed by atoms with van der Waals surface area (Å²) in [4.78, 5) is 18.8. The van der Waals surface area contributed by atoms with Crippen LogP contribution in [0.2, 0.25) is 0 Å². The molecule has 7 heteroatoms. The summed E-state index contributed by atoms with van der Waals surface area (Å²) in [5, 5.41) is 15.3. The number of aromatic nitrogens is 2. The fourth-order valence-electron chi connectivity index (χ4n) is 4.59. The van der Waals surface area contributed by atoms with Gasteiger partial charge in [-0.1, -0.05) is 26.0 Å². The average Bonchev–Trinajstić information content (AvgIpc) is 3.02. The molecule has 0 spiro atoms. The van der Waals surface area contributed by atoms with Crippen LogP contribution >= 0.6 is 0 Å². The topological polar surface area (TPSA) is 73.2 Å². The fourth-order valence-corrected chi connectivity index (χ4v) is 4.59. The zero-order valence-electron chi connectivity index (χ0n) is 16.6. The Morgan fingerprint density at radius 3 is 2.67 bits per heavy atom. The first-order valence-electron chi connectivity index (χ1n) is 9.71. The zero-order valence-corrected chi connectivity index (χ0v) is 16.6. The van der Waals surface area contributed by atoms with E-state index >= 15 is 0 Å². The summed E-state index contributed by atoms with van der Waals surface area (Å²) in [6.07, 6.45) is 2.58. The van der Waals surface area contributed by atoms with E-state index in [0.717, 1.165) is 36.9 Å². The number of imidazole rings is 1. The molecule has 0 radical (unpaired) electrons. The van der Waals surface area contributed by atoms with Gasteiger partial charge in [-0.3, -0.25) is 0 Å². The summed E-state index contributed by atoms with van der Waals surface area (Å²) in [5.41, 5.74) is 1.65. The molecule has 3 fully saturated rings. The Kier molecular flexibility index (Phi) is 6.32. The Morgan fingerprint density at radius 1 is 1.33 bits per heavy atom. The zero-order chi connectivity index (χ0) is 18.3. The quantitative estimate of drug-likeness (QED) is 0.615. The van der Waals surface area contributed by atoms with Crippen LogP contribution in [0.5, 0.6) is 0 Å². The van der Waals surface area contributed by atoms with Crippen LogP contribution in [0.4, 0.5) is 0 Å². The molecule has 1 aromatic carbocycles. The molecule has 0 saturated carbocycles. The van der Waals surface area contributed by atoms with Gasteiger partial charge in [0.25, 0.3) is 0 Å². The van der Waals surface area contributed by atoms with Crippen molar-refractivity contribution in [2.24, 2.45) is 5.92 Å². The number of carbonyl (C=O) groups is 1. The number of hydrogen-bond donors (Lipinski definition) is 1. The van der Waals surface area contributed by atoms with E-state index in [-0.39, 0.29) is 30.3 Å². The predicted molar refractivity (Wildman–Crippen MR) is 99.1 cm³/mol. The van der Waals surface area contributed by atoms with Gasteiger partial charge in [0.1, 0.15) is 5.82 Å². The van der Waals surface area contributed by atoms with Crippen molar-refractivity contribution in [3.8, 4) is 0 Å². The number of nitrogens with one attached hydrogen (secondary N) is 1. The third-order valence-electron chi connectivity index (χ3n) is 5.93.